The molecule has 0 bridgehead atoms. The quantitative estimate of drug-likeness (QED) is 0.398. The minimum absolute atomic E-state index is 0.0305. The van der Waals surface area contributed by atoms with Crippen LogP contribution in [0, 0.1) is 10.1 Å². The maximum absolute atomic E-state index is 10.9. The fourth-order valence-electron chi connectivity index (χ4n) is 2.20. The van der Waals surface area contributed by atoms with Gasteiger partial charge in [-0.3, -0.25) is 15.1 Å². The molecular formula is C18H15N3O3. The Morgan fingerprint density at radius 2 is 1.88 bits per heavy atom. The molecule has 0 unspecified atom stereocenters. The third-order valence-electron chi connectivity index (χ3n) is 3.46. The Morgan fingerprint density at radius 1 is 1.08 bits per heavy atom. The molecule has 0 atom stereocenters. The molecular weight excluding hydrogens is 306 g/mol. The van der Waals surface area contributed by atoms with E-state index in [1.807, 2.05) is 37.4 Å². The average molecular weight is 321 g/mol. The van der Waals surface area contributed by atoms with Crippen LogP contribution in [0.1, 0.15) is 5.76 Å². The first-order valence-corrected chi connectivity index (χ1v) is 7.31. The SMILES string of the molecule is CN(/N=C/c1ccc(-c2cccc([N+](=O)[O-])c2)o1)c1ccccc1. The molecule has 0 aliphatic rings. The van der Waals surface area contributed by atoms with Crippen molar-refractivity contribution in [3.05, 3.63) is 82.6 Å². The van der Waals surface area contributed by atoms with Crippen LogP contribution in [0.4, 0.5) is 11.4 Å². The molecule has 120 valence electrons. The van der Waals surface area contributed by atoms with Crippen LogP contribution in [0.15, 0.2) is 76.2 Å². The lowest BCUT2D eigenvalue weighted by atomic mass is 10.1. The summed E-state index contributed by atoms with van der Waals surface area (Å²) in [5.74, 6) is 1.13. The number of para-hydroxylation sites is 1. The molecule has 6 nitrogen and oxygen atoms in total. The highest BCUT2D eigenvalue weighted by Crippen LogP contribution is 2.25. The maximum Gasteiger partial charge on any atom is 0.270 e. The van der Waals surface area contributed by atoms with E-state index in [0.717, 1.165) is 5.69 Å². The third kappa shape index (κ3) is 3.49. The topological polar surface area (TPSA) is 71.9 Å². The first-order valence-electron chi connectivity index (χ1n) is 7.31. The van der Waals surface area contributed by atoms with Crippen molar-refractivity contribution in [3.63, 3.8) is 0 Å². The summed E-state index contributed by atoms with van der Waals surface area (Å²) in [4.78, 5) is 10.4. The first kappa shape index (κ1) is 15.5. The molecule has 1 aromatic heterocycles. The van der Waals surface area contributed by atoms with Crippen LogP contribution in [0.2, 0.25) is 0 Å². The molecule has 0 aliphatic carbocycles. The number of hydrazone groups is 1. The zero-order chi connectivity index (χ0) is 16.9. The largest absolute Gasteiger partial charge is 0.455 e. The van der Waals surface area contributed by atoms with E-state index in [2.05, 4.69) is 5.10 Å². The van der Waals surface area contributed by atoms with Gasteiger partial charge in [0, 0.05) is 24.7 Å². The van der Waals surface area contributed by atoms with Gasteiger partial charge < -0.3 is 4.42 Å². The first-order chi connectivity index (χ1) is 11.6. The molecule has 1 heterocycles. The van der Waals surface area contributed by atoms with E-state index >= 15 is 0 Å². The predicted octanol–water partition coefficient (Wildman–Crippen LogP) is 4.33. The number of hydrogen-bond acceptors (Lipinski definition) is 5. The summed E-state index contributed by atoms with van der Waals surface area (Å²) in [6.07, 6.45) is 1.61. The lowest BCUT2D eigenvalue weighted by molar-refractivity contribution is -0.384. The van der Waals surface area contributed by atoms with Gasteiger partial charge in [-0.2, -0.15) is 5.10 Å². The van der Waals surface area contributed by atoms with E-state index in [4.69, 9.17) is 4.42 Å². The monoisotopic (exact) mass is 321 g/mol. The van der Waals surface area contributed by atoms with Crippen molar-refractivity contribution in [3.8, 4) is 11.3 Å². The molecule has 0 radical (unpaired) electrons. The Hall–Kier alpha value is -3.41. The maximum atomic E-state index is 10.9. The number of rotatable bonds is 5. The van der Waals surface area contributed by atoms with Crippen molar-refractivity contribution in [2.24, 2.45) is 5.10 Å². The van der Waals surface area contributed by atoms with E-state index in [9.17, 15) is 10.1 Å². The van der Waals surface area contributed by atoms with Crippen LogP contribution < -0.4 is 5.01 Å². The predicted molar refractivity (Wildman–Crippen MR) is 93.2 cm³/mol. The van der Waals surface area contributed by atoms with E-state index in [-0.39, 0.29) is 5.69 Å². The lowest BCUT2D eigenvalue weighted by Gasteiger charge is -2.11. The highest BCUT2D eigenvalue weighted by molar-refractivity contribution is 5.78. The van der Waals surface area contributed by atoms with Gasteiger partial charge in [0.15, 0.2) is 0 Å². The van der Waals surface area contributed by atoms with Crippen LogP contribution >= 0.6 is 0 Å². The van der Waals surface area contributed by atoms with Gasteiger partial charge in [0.1, 0.15) is 11.5 Å². The number of anilines is 1. The molecule has 0 amide bonds. The molecule has 0 N–H and O–H groups in total. The second kappa shape index (κ2) is 6.78. The number of benzene rings is 2. The molecule has 0 spiro atoms. The summed E-state index contributed by atoms with van der Waals surface area (Å²) in [6.45, 7) is 0. The number of nitrogens with zero attached hydrogens (tertiary/aromatic N) is 3. The Balaban J connectivity index is 1.77. The molecule has 2 aromatic carbocycles. The van der Waals surface area contributed by atoms with E-state index in [1.165, 1.54) is 12.1 Å². The molecule has 3 rings (SSSR count). The summed E-state index contributed by atoms with van der Waals surface area (Å²) in [5.41, 5.74) is 1.64. The molecule has 6 heteroatoms. The van der Waals surface area contributed by atoms with Gasteiger partial charge in [0.2, 0.25) is 0 Å². The number of nitro benzene ring substituents is 1. The number of furan rings is 1. The Labute approximate surface area is 138 Å². The van der Waals surface area contributed by atoms with E-state index < -0.39 is 4.92 Å². The Morgan fingerprint density at radius 3 is 2.62 bits per heavy atom. The van der Waals surface area contributed by atoms with Crippen LogP contribution in [0.3, 0.4) is 0 Å². The van der Waals surface area contributed by atoms with Crippen LogP contribution in [0.25, 0.3) is 11.3 Å². The minimum Gasteiger partial charge on any atom is -0.455 e. The van der Waals surface area contributed by atoms with Gasteiger partial charge in [-0.15, -0.1) is 0 Å². The van der Waals surface area contributed by atoms with Crippen LogP contribution in [-0.2, 0) is 0 Å². The van der Waals surface area contributed by atoms with Gasteiger partial charge in [0.05, 0.1) is 16.8 Å². The van der Waals surface area contributed by atoms with Crippen molar-refractivity contribution >= 4 is 17.6 Å². The van der Waals surface area contributed by atoms with Gasteiger partial charge >= 0.3 is 0 Å². The normalized spacial score (nSPS) is 10.9. The fourth-order valence-corrected chi connectivity index (χ4v) is 2.20. The van der Waals surface area contributed by atoms with E-state index in [0.29, 0.717) is 17.1 Å². The van der Waals surface area contributed by atoms with Gasteiger partial charge in [0.25, 0.3) is 5.69 Å². The molecule has 0 saturated carbocycles. The van der Waals surface area contributed by atoms with Crippen molar-refractivity contribution in [2.45, 2.75) is 0 Å². The summed E-state index contributed by atoms with van der Waals surface area (Å²) < 4.78 is 5.69. The van der Waals surface area contributed by atoms with Crippen LogP contribution in [0.5, 0.6) is 0 Å². The summed E-state index contributed by atoms with van der Waals surface area (Å²) in [7, 11) is 1.84. The number of hydrogen-bond donors (Lipinski definition) is 0. The van der Waals surface area contributed by atoms with Gasteiger partial charge in [-0.05, 0) is 24.3 Å². The molecule has 0 fully saturated rings. The highest BCUT2D eigenvalue weighted by Gasteiger charge is 2.09. The summed E-state index contributed by atoms with van der Waals surface area (Å²) in [6, 6.07) is 19.6. The van der Waals surface area contributed by atoms with Crippen molar-refractivity contribution < 1.29 is 9.34 Å². The zero-order valence-electron chi connectivity index (χ0n) is 13.0. The molecule has 0 saturated heterocycles. The highest BCUT2D eigenvalue weighted by atomic mass is 16.6. The summed E-state index contributed by atoms with van der Waals surface area (Å²) in [5, 5.41) is 16.9. The number of non-ortho nitro benzene ring substituents is 1. The number of nitro groups is 1. The van der Waals surface area contributed by atoms with Gasteiger partial charge in [-0.25, -0.2) is 0 Å². The Kier molecular flexibility index (Phi) is 4.38. The van der Waals surface area contributed by atoms with Crippen LogP contribution in [-0.4, -0.2) is 18.2 Å². The smallest absolute Gasteiger partial charge is 0.270 e. The van der Waals surface area contributed by atoms with E-state index in [1.54, 1.807) is 35.5 Å². The van der Waals surface area contributed by atoms with Crippen molar-refractivity contribution in [2.75, 3.05) is 12.1 Å². The molecule has 24 heavy (non-hydrogen) atoms. The second-order valence-corrected chi connectivity index (χ2v) is 5.11. The summed E-state index contributed by atoms with van der Waals surface area (Å²) >= 11 is 0. The van der Waals surface area contributed by atoms with Gasteiger partial charge in [-0.1, -0.05) is 30.3 Å². The Bertz CT molecular complexity index is 872. The molecule has 0 aliphatic heterocycles. The van der Waals surface area contributed by atoms with Crippen molar-refractivity contribution in [1.29, 1.82) is 0 Å². The third-order valence-corrected chi connectivity index (χ3v) is 3.46. The van der Waals surface area contributed by atoms with Crippen molar-refractivity contribution in [1.82, 2.24) is 0 Å². The average Bonchev–Trinajstić information content (AvgIpc) is 3.09. The molecule has 3 aromatic rings. The zero-order valence-corrected chi connectivity index (χ0v) is 13.0. The fraction of sp³-hybridized carbons (Fsp3) is 0.0556. The standard InChI is InChI=1S/C18H15N3O3/c1-20(15-7-3-2-4-8-15)19-13-17-10-11-18(24-17)14-6-5-9-16(12-14)21(22)23/h2-13H,1H3/b19-13+. The lowest BCUT2D eigenvalue weighted by Crippen LogP contribution is -2.08. The minimum atomic E-state index is -0.427. The second-order valence-electron chi connectivity index (χ2n) is 5.11.